The Morgan fingerprint density at radius 1 is 1.03 bits per heavy atom. The molecule has 0 bridgehead atoms. The van der Waals surface area contributed by atoms with Crippen molar-refractivity contribution in [3.05, 3.63) is 45.5 Å². The van der Waals surface area contributed by atoms with Crippen LogP contribution < -0.4 is 19.0 Å². The van der Waals surface area contributed by atoms with Gasteiger partial charge in [0.25, 0.3) is 0 Å². The molecule has 0 fully saturated rings. The standard InChI is InChI=1S/C21H24ClN3O5S2.BrH/c1-24(2)32(26,27)19-9-13(7-8-15(19)22)16-12-31-21(25(16)3)23-14-10-17(28-4)20(30-6)18(11-14)29-5;/h7-12H,1-6H3;1H. The Morgan fingerprint density at radius 2 is 1.64 bits per heavy atom. The highest BCUT2D eigenvalue weighted by atomic mass is 79.9. The monoisotopic (exact) mass is 577 g/mol. The van der Waals surface area contributed by atoms with E-state index in [-0.39, 0.29) is 26.9 Å². The van der Waals surface area contributed by atoms with Crippen LogP contribution in [0.4, 0.5) is 5.69 Å². The van der Waals surface area contributed by atoms with Crippen LogP contribution in [0.5, 0.6) is 17.2 Å². The summed E-state index contributed by atoms with van der Waals surface area (Å²) in [6.07, 6.45) is 0. The van der Waals surface area contributed by atoms with Gasteiger partial charge in [0.05, 0.1) is 37.7 Å². The zero-order chi connectivity index (χ0) is 23.6. The normalized spacial score (nSPS) is 11.9. The molecule has 12 heteroatoms. The average molecular weight is 579 g/mol. The van der Waals surface area contributed by atoms with Gasteiger partial charge in [-0.1, -0.05) is 17.7 Å². The van der Waals surface area contributed by atoms with E-state index < -0.39 is 10.0 Å². The van der Waals surface area contributed by atoms with Crippen molar-refractivity contribution in [1.29, 1.82) is 0 Å². The number of hydrogen-bond donors (Lipinski definition) is 0. The Morgan fingerprint density at radius 3 is 2.15 bits per heavy atom. The number of thiazole rings is 1. The molecule has 180 valence electrons. The van der Waals surface area contributed by atoms with Gasteiger partial charge >= 0.3 is 0 Å². The minimum Gasteiger partial charge on any atom is -0.493 e. The predicted molar refractivity (Wildman–Crippen MR) is 136 cm³/mol. The molecule has 0 radical (unpaired) electrons. The molecule has 0 amide bonds. The smallest absolute Gasteiger partial charge is 0.244 e. The van der Waals surface area contributed by atoms with Gasteiger partial charge in [-0.2, -0.15) is 0 Å². The van der Waals surface area contributed by atoms with E-state index in [2.05, 4.69) is 0 Å². The van der Waals surface area contributed by atoms with Crippen molar-refractivity contribution in [2.45, 2.75) is 4.90 Å². The van der Waals surface area contributed by atoms with Gasteiger partial charge < -0.3 is 18.8 Å². The molecule has 2 aromatic carbocycles. The fraction of sp³-hybridized carbons (Fsp3) is 0.286. The van der Waals surface area contributed by atoms with Crippen LogP contribution in [-0.2, 0) is 17.1 Å². The molecule has 0 aliphatic heterocycles. The van der Waals surface area contributed by atoms with E-state index in [0.29, 0.717) is 33.3 Å². The van der Waals surface area contributed by atoms with Gasteiger partial charge in [0.1, 0.15) is 4.90 Å². The summed E-state index contributed by atoms with van der Waals surface area (Å²) in [5.74, 6) is 1.49. The first-order valence-corrected chi connectivity index (χ1v) is 12.1. The molecule has 0 spiro atoms. The molecule has 0 atom stereocenters. The van der Waals surface area contributed by atoms with Gasteiger partial charge in [-0.25, -0.2) is 17.7 Å². The number of methoxy groups -OCH3 is 3. The molecule has 0 saturated heterocycles. The highest BCUT2D eigenvalue weighted by molar-refractivity contribution is 8.93. The molecule has 1 heterocycles. The summed E-state index contributed by atoms with van der Waals surface area (Å²) in [4.78, 5) is 5.46. The summed E-state index contributed by atoms with van der Waals surface area (Å²) in [6, 6.07) is 8.45. The van der Waals surface area contributed by atoms with Crippen molar-refractivity contribution in [2.75, 3.05) is 35.4 Å². The number of hydrogen-bond acceptors (Lipinski definition) is 7. The minimum absolute atomic E-state index is 0. The molecule has 0 aliphatic rings. The van der Waals surface area contributed by atoms with Gasteiger partial charge in [-0.3, -0.25) is 0 Å². The van der Waals surface area contributed by atoms with Crippen molar-refractivity contribution in [3.8, 4) is 28.5 Å². The summed E-state index contributed by atoms with van der Waals surface area (Å²) in [5.41, 5.74) is 2.13. The first-order chi connectivity index (χ1) is 15.1. The molecule has 0 N–H and O–H groups in total. The fourth-order valence-electron chi connectivity index (χ4n) is 3.03. The zero-order valence-corrected chi connectivity index (χ0v) is 23.1. The number of sulfonamides is 1. The van der Waals surface area contributed by atoms with Crippen LogP contribution in [0.2, 0.25) is 5.02 Å². The molecular formula is C21H25BrClN3O5S2. The molecule has 0 aliphatic carbocycles. The van der Waals surface area contributed by atoms with E-state index in [0.717, 1.165) is 10.00 Å². The Labute approximate surface area is 212 Å². The van der Waals surface area contributed by atoms with Gasteiger partial charge in [-0.15, -0.1) is 28.3 Å². The zero-order valence-electron chi connectivity index (χ0n) is 18.9. The fourth-order valence-corrected chi connectivity index (χ4v) is 5.35. The molecule has 0 saturated carbocycles. The summed E-state index contributed by atoms with van der Waals surface area (Å²) >= 11 is 7.60. The second-order valence-corrected chi connectivity index (χ2v) is 10.3. The predicted octanol–water partition coefficient (Wildman–Crippen LogP) is 4.49. The van der Waals surface area contributed by atoms with E-state index in [4.69, 9.17) is 30.8 Å². The summed E-state index contributed by atoms with van der Waals surface area (Å²) in [6.45, 7) is 0. The van der Waals surface area contributed by atoms with E-state index in [1.165, 1.54) is 25.4 Å². The number of halogens is 2. The minimum atomic E-state index is -3.68. The summed E-state index contributed by atoms with van der Waals surface area (Å²) in [7, 11) is 5.75. The number of ether oxygens (including phenoxy) is 3. The van der Waals surface area contributed by atoms with Crippen molar-refractivity contribution in [2.24, 2.45) is 12.0 Å². The third-order valence-electron chi connectivity index (χ3n) is 4.78. The number of rotatable bonds is 7. The maximum atomic E-state index is 12.6. The van der Waals surface area contributed by atoms with Crippen LogP contribution in [0.3, 0.4) is 0 Å². The van der Waals surface area contributed by atoms with E-state index in [9.17, 15) is 8.42 Å². The number of nitrogens with zero attached hydrogens (tertiary/aromatic N) is 3. The van der Waals surface area contributed by atoms with Crippen molar-refractivity contribution < 1.29 is 22.6 Å². The summed E-state index contributed by atoms with van der Waals surface area (Å²) in [5, 5.41) is 2.08. The van der Waals surface area contributed by atoms with Crippen LogP contribution in [0, 0.1) is 0 Å². The Balaban J connectivity index is 0.00000385. The van der Waals surface area contributed by atoms with Crippen LogP contribution in [-0.4, -0.2) is 52.7 Å². The Kier molecular flexibility index (Phi) is 9.00. The lowest BCUT2D eigenvalue weighted by molar-refractivity contribution is 0.324. The largest absolute Gasteiger partial charge is 0.493 e. The van der Waals surface area contributed by atoms with E-state index >= 15 is 0 Å². The van der Waals surface area contributed by atoms with Crippen molar-refractivity contribution >= 4 is 55.6 Å². The number of benzene rings is 2. The van der Waals surface area contributed by atoms with Gasteiger partial charge in [-0.05, 0) is 12.1 Å². The van der Waals surface area contributed by atoms with Crippen LogP contribution >= 0.6 is 39.9 Å². The average Bonchev–Trinajstić information content (AvgIpc) is 3.13. The lowest BCUT2D eigenvalue weighted by atomic mass is 10.2. The van der Waals surface area contributed by atoms with Crippen LogP contribution in [0.1, 0.15) is 0 Å². The first kappa shape index (κ1) is 27.2. The maximum Gasteiger partial charge on any atom is 0.244 e. The molecule has 8 nitrogen and oxygen atoms in total. The third-order valence-corrected chi connectivity index (χ3v) is 8.00. The summed E-state index contributed by atoms with van der Waals surface area (Å²) < 4.78 is 44.4. The van der Waals surface area contributed by atoms with Crippen LogP contribution in [0.15, 0.2) is 45.6 Å². The van der Waals surface area contributed by atoms with Crippen LogP contribution in [0.25, 0.3) is 11.3 Å². The number of aromatic nitrogens is 1. The lowest BCUT2D eigenvalue weighted by Gasteiger charge is -2.14. The molecular weight excluding hydrogens is 554 g/mol. The Hall–Kier alpha value is -2.05. The molecule has 3 aromatic rings. The van der Waals surface area contributed by atoms with Gasteiger partial charge in [0.15, 0.2) is 16.3 Å². The SMILES string of the molecule is Br.COc1cc(N=c2scc(-c3ccc(Cl)c(S(=O)(=O)N(C)C)c3)n2C)cc(OC)c1OC. The van der Waals surface area contributed by atoms with E-state index in [1.54, 1.807) is 51.7 Å². The second-order valence-electron chi connectivity index (χ2n) is 6.89. The first-order valence-electron chi connectivity index (χ1n) is 9.35. The molecule has 3 rings (SSSR count). The molecule has 0 unspecified atom stereocenters. The van der Waals surface area contributed by atoms with Gasteiger partial charge in [0, 0.05) is 44.2 Å². The van der Waals surface area contributed by atoms with Crippen molar-refractivity contribution in [1.82, 2.24) is 8.87 Å². The highest BCUT2D eigenvalue weighted by Gasteiger charge is 2.22. The Bertz CT molecular complexity index is 1290. The maximum absolute atomic E-state index is 12.6. The third kappa shape index (κ3) is 5.38. The topological polar surface area (TPSA) is 82.4 Å². The lowest BCUT2D eigenvalue weighted by Crippen LogP contribution is -2.22. The second kappa shape index (κ2) is 10.9. The molecule has 33 heavy (non-hydrogen) atoms. The van der Waals surface area contributed by atoms with Crippen molar-refractivity contribution in [3.63, 3.8) is 0 Å². The quantitative estimate of drug-likeness (QED) is 0.413. The van der Waals surface area contributed by atoms with E-state index in [1.807, 2.05) is 17.0 Å². The van der Waals surface area contributed by atoms with Gasteiger partial charge in [0.2, 0.25) is 15.8 Å². The molecule has 1 aromatic heterocycles. The highest BCUT2D eigenvalue weighted by Crippen LogP contribution is 2.40.